The molecule has 0 saturated heterocycles. The molecular formula is C45H57ClF2K5N13O6S2. The van der Waals surface area contributed by atoms with E-state index in [1.165, 1.54) is 178 Å². The third-order valence-electron chi connectivity index (χ3n) is 10.2. The van der Waals surface area contributed by atoms with Crippen LogP contribution in [0.4, 0.5) is 19.3 Å². The number of carbonyl (C=O) groups is 1. The maximum atomic E-state index is 14.5. The van der Waals surface area contributed by atoms with Gasteiger partial charge in [0.2, 0.25) is 32.0 Å². The number of halogens is 3. The van der Waals surface area contributed by atoms with Crippen molar-refractivity contribution >= 4 is 204 Å². The molecule has 0 radical (unpaired) electrons. The average molecular weight is 1210 g/mol. The molecule has 2 aromatic carbocycles. The Kier molecular flexibility index (Phi) is 32.7. The number of anilines is 1. The molecule has 376 valence electrons. The zero-order chi connectivity index (χ0) is 53.2. The van der Waals surface area contributed by atoms with Gasteiger partial charge < -0.3 is 17.6 Å². The Morgan fingerprint density at radius 1 is 0.838 bits per heavy atom. The minimum atomic E-state index is -3.86. The van der Waals surface area contributed by atoms with Crippen LogP contribution in [-0.4, -0.2) is 231 Å². The van der Waals surface area contributed by atoms with Crippen molar-refractivity contribution < 1.29 is 88.0 Å². The number of nitrogens with one attached hydrogen (secondary N) is 1. The van der Waals surface area contributed by atoms with Crippen LogP contribution >= 0.6 is 11.6 Å². The molecule has 1 amide bonds. The van der Waals surface area contributed by atoms with Crippen LogP contribution in [0.5, 0.6) is 0 Å². The first kappa shape index (κ1) is 73.5. The number of carbonyl (C=O) groups excluding carboxylic acids is 1. The van der Waals surface area contributed by atoms with Crippen LogP contribution in [-0.2, 0) is 36.7 Å². The number of hydrogen-bond acceptors (Lipinski definition) is 16. The Morgan fingerprint density at radius 2 is 1.39 bits per heavy atom. The Balaban J connectivity index is 0.00000110. The number of amides is 1. The van der Waals surface area contributed by atoms with Gasteiger partial charge in [0.25, 0.3) is 0 Å². The number of pyridine rings is 2. The number of nitrogens with two attached hydrogens (primary N) is 2. The van der Waals surface area contributed by atoms with Gasteiger partial charge in [-0.05, 0) is 94.6 Å². The van der Waals surface area contributed by atoms with Crippen molar-refractivity contribution in [2.75, 3.05) is 31.3 Å². The fourth-order valence-corrected chi connectivity index (χ4v) is 9.67. The van der Waals surface area contributed by atoms with Crippen molar-refractivity contribution in [3.63, 3.8) is 0 Å². The predicted octanol–water partition coefficient (Wildman–Crippen LogP) is 2.33. The summed E-state index contributed by atoms with van der Waals surface area (Å²) in [6.07, 6.45) is 5.92. The molecule has 8 rings (SSSR count). The molecule has 0 unspecified atom stereocenters. The number of aliphatic imine (C=N–C) groups is 2. The van der Waals surface area contributed by atoms with Crippen molar-refractivity contribution in [2.45, 2.75) is 80.0 Å². The van der Waals surface area contributed by atoms with Gasteiger partial charge in [-0.25, -0.2) is 68.9 Å². The maximum absolute atomic E-state index is 14.5. The number of ether oxygens (including phenoxy) is 1. The van der Waals surface area contributed by atoms with Crippen molar-refractivity contribution in [3.05, 3.63) is 124 Å². The number of aryl methyl sites for hydroxylation is 2. The molecule has 19 nitrogen and oxygen atoms in total. The van der Waals surface area contributed by atoms with Gasteiger partial charge in [0, 0.05) is 49.7 Å². The summed E-state index contributed by atoms with van der Waals surface area (Å²) in [7, 11) is -4.93. The molecule has 0 fully saturated rings. The van der Waals surface area contributed by atoms with Gasteiger partial charge in [0.15, 0.2) is 5.15 Å². The van der Waals surface area contributed by atoms with E-state index in [4.69, 9.17) is 27.8 Å². The van der Waals surface area contributed by atoms with Crippen LogP contribution < -0.4 is 68.2 Å². The van der Waals surface area contributed by atoms with Crippen molar-refractivity contribution in [2.24, 2.45) is 15.7 Å². The summed E-state index contributed by atoms with van der Waals surface area (Å²) in [4.78, 5) is 45.5. The molecule has 2 aliphatic rings. The van der Waals surface area contributed by atoms with E-state index in [9.17, 15) is 30.4 Å². The van der Waals surface area contributed by atoms with Gasteiger partial charge in [-0.2, -0.15) is 0 Å². The van der Waals surface area contributed by atoms with E-state index in [-0.39, 0.29) is 102 Å². The number of fused-ring (bicyclic) bond motifs is 2. The summed E-state index contributed by atoms with van der Waals surface area (Å²) in [6.45, 7) is 10.4. The first-order valence-corrected chi connectivity index (χ1v) is 57.8. The van der Waals surface area contributed by atoms with Crippen LogP contribution in [0.3, 0.4) is 0 Å². The Bertz CT molecular complexity index is 3210. The number of nitrogens with zero attached hydrogens (tertiary/aromatic N) is 10. The second-order valence-corrected chi connectivity index (χ2v) is 21.2. The first-order chi connectivity index (χ1) is 33.2. The van der Waals surface area contributed by atoms with E-state index in [1.807, 2.05) is 26.0 Å². The fourth-order valence-electron chi connectivity index (χ4n) is 6.80. The third kappa shape index (κ3) is 20.7. The summed E-state index contributed by atoms with van der Waals surface area (Å²) < 4.78 is 85.3. The molecule has 0 spiro atoms. The molecule has 0 saturated carbocycles. The topological polar surface area (TPSA) is 267 Å². The van der Waals surface area contributed by atoms with Gasteiger partial charge in [-0.3, -0.25) is 15.3 Å². The standard InChI is InChI=1S/C19H19FN6O2S.C16H23FN4O4S.C8H6ClN3.2CH4.5K.H/c1-11-5-15-18(22-8-11)16(24-10-23-15)7-12-3-4-14(20)13(6-12)17-9-29(27,28)26(2)19(21)25-17;1-15(2,3)25-14(22)19-13-20-16(4,9-26(23,24)21(13)5)11-8-10(18)6-7-12(11)17;1-5-2-6-7(10-3-5)8(9)12-4-11-6;;;;;;;;/h3-6,8,10,17H,7,9H2,1-2H3,(H2,21,25);6-8H,9,18H2,1-5H3,(H,19,20,22);2-4H,1H3;2*1H4;;;;;;/q;;;;;;;;;+1;-1/t17-;16-;;;;;;;;;/m00........./s1. The molecule has 2 aliphatic heterocycles. The molecule has 4 aromatic heterocycles. The molecule has 0 bridgehead atoms. The number of sulfonamides is 2. The second kappa shape index (κ2) is 32.9. The second-order valence-electron chi connectivity index (χ2n) is 16.8. The van der Waals surface area contributed by atoms with E-state index >= 15 is 0 Å². The van der Waals surface area contributed by atoms with Crippen molar-refractivity contribution in [3.8, 4) is 0 Å². The van der Waals surface area contributed by atoms with Crippen molar-refractivity contribution in [1.82, 2.24) is 43.8 Å². The number of rotatable bonds is 4. The molecular weight excluding hydrogens is 1150 g/mol. The number of alkyl carbamates (subject to hydrolysis) is 1. The Morgan fingerprint density at radius 3 is 1.97 bits per heavy atom. The summed E-state index contributed by atoms with van der Waals surface area (Å²) in [5.41, 5.74) is 16.0. The molecule has 2 atom stereocenters. The van der Waals surface area contributed by atoms with Gasteiger partial charge in [-0.1, -0.05) is 38.6 Å². The summed E-state index contributed by atoms with van der Waals surface area (Å²) in [5, 5.41) is 2.72. The average Bonchev–Trinajstić information content (AvgIpc) is 3.29. The van der Waals surface area contributed by atoms with E-state index in [2.05, 4.69) is 45.2 Å². The zero-order valence-corrected chi connectivity index (χ0v) is 60.7. The summed E-state index contributed by atoms with van der Waals surface area (Å²) in [5.74, 6) is -2.40. The molecule has 5 N–H and O–H groups in total. The van der Waals surface area contributed by atoms with Gasteiger partial charge in [0.1, 0.15) is 46.5 Å². The third-order valence-corrected chi connectivity index (χ3v) is 14.1. The van der Waals surface area contributed by atoms with Crippen LogP contribution in [0.25, 0.3) is 22.1 Å². The number of benzene rings is 2. The minimum absolute atomic E-state index is 0. The van der Waals surface area contributed by atoms with E-state index in [1.54, 1.807) is 45.3 Å². The monoisotopic (exact) mass is 1210 g/mol. The molecule has 74 heavy (non-hydrogen) atoms. The van der Waals surface area contributed by atoms with Crippen LogP contribution in [0.1, 0.15) is 83.5 Å². The van der Waals surface area contributed by atoms with Crippen LogP contribution in [0.15, 0.2) is 83.6 Å². The van der Waals surface area contributed by atoms with Crippen molar-refractivity contribution in [1.29, 1.82) is 0 Å². The summed E-state index contributed by atoms with van der Waals surface area (Å²) >= 11 is 10.8. The first-order valence-electron chi connectivity index (χ1n) is 22.2. The fraction of sp³-hybridized carbons (Fsp3) is 0.356. The van der Waals surface area contributed by atoms with Crippen LogP contribution in [0, 0.1) is 25.5 Å². The summed E-state index contributed by atoms with van der Waals surface area (Å²) in [6, 6.07) is 11.4. The van der Waals surface area contributed by atoms with E-state index in [0.717, 1.165) is 42.4 Å². The van der Waals surface area contributed by atoms with Gasteiger partial charge in [-0.15, -0.1) is 0 Å². The van der Waals surface area contributed by atoms with Crippen LogP contribution in [0.2, 0.25) is 5.15 Å². The van der Waals surface area contributed by atoms with Gasteiger partial charge >= 0.3 is 184 Å². The molecule has 0 aliphatic carbocycles. The van der Waals surface area contributed by atoms with E-state index in [0.29, 0.717) is 28.3 Å². The SMILES string of the molecule is C.C.CN1C(NC(=O)OC(C)(C)C)=N[C@](C)(c2cc(N)ccc2F)CS1(=O)=O.Cc1cnc2c(Cc3ccc(F)c([C@@H]4CS(=O)(=O)N(C)C(N)=N4)c3)ncnc2c1.Cc1cnc2c(Cl)ncnc2c1.[H-].[K+].[K][K].[K][K]. The molecule has 6 heterocycles. The normalized spacial score (nSPS) is 17.1. The predicted molar refractivity (Wildman–Crippen MR) is 288 cm³/mol. The Hall–Kier alpha value is 1.46. The number of guanidine groups is 2. The number of nitrogen functional groups attached to an aromatic ring is 1. The molecule has 6 aromatic rings. The number of aromatic nitrogens is 6. The zero-order valence-electron chi connectivity index (χ0n) is 43.7. The van der Waals surface area contributed by atoms with E-state index < -0.39 is 60.7 Å². The van der Waals surface area contributed by atoms with Gasteiger partial charge in [0.05, 0.1) is 34.3 Å². The molecule has 29 heteroatoms. The quantitative estimate of drug-likeness (QED) is 0.130. The number of hydrogen-bond donors (Lipinski definition) is 3. The Labute approximate surface area is 572 Å².